The number of rotatable bonds is 6. The third-order valence-electron chi connectivity index (χ3n) is 4.37. The first-order valence-corrected chi connectivity index (χ1v) is 10.3. The highest BCUT2D eigenvalue weighted by molar-refractivity contribution is 7.92. The smallest absolute Gasteiger partial charge is 0.276 e. The third-order valence-corrected chi connectivity index (χ3v) is 5.75. The second-order valence-electron chi connectivity index (χ2n) is 6.57. The molecular formula is C20H14F3N3O5S. The minimum Gasteiger partial charge on any atom is -0.322 e. The molecule has 0 aliphatic heterocycles. The highest BCUT2D eigenvalue weighted by Crippen LogP contribution is 2.24. The molecule has 32 heavy (non-hydrogen) atoms. The minimum atomic E-state index is -4.20. The molecule has 1 amide bonds. The van der Waals surface area contributed by atoms with Crippen LogP contribution in [0, 0.1) is 34.5 Å². The molecule has 0 saturated carbocycles. The number of hydrogen-bond donors (Lipinski definition) is 2. The van der Waals surface area contributed by atoms with Gasteiger partial charge in [0.05, 0.1) is 15.4 Å². The highest BCUT2D eigenvalue weighted by Gasteiger charge is 2.20. The largest absolute Gasteiger partial charge is 0.322 e. The molecule has 0 fully saturated rings. The van der Waals surface area contributed by atoms with E-state index in [-0.39, 0.29) is 22.5 Å². The molecule has 2 N–H and O–H groups in total. The fourth-order valence-electron chi connectivity index (χ4n) is 2.67. The average Bonchev–Trinajstić information content (AvgIpc) is 2.72. The van der Waals surface area contributed by atoms with E-state index in [0.717, 1.165) is 18.2 Å². The summed E-state index contributed by atoms with van der Waals surface area (Å²) in [4.78, 5) is 22.0. The van der Waals surface area contributed by atoms with Crippen LogP contribution in [0.25, 0.3) is 0 Å². The van der Waals surface area contributed by atoms with Gasteiger partial charge in [-0.2, -0.15) is 0 Å². The average molecular weight is 465 g/mol. The van der Waals surface area contributed by atoms with Gasteiger partial charge in [-0.05, 0) is 55.5 Å². The highest BCUT2D eigenvalue weighted by atomic mass is 32.2. The quantitative estimate of drug-likeness (QED) is 0.414. The summed E-state index contributed by atoms with van der Waals surface area (Å²) in [6, 6.07) is 9.12. The van der Waals surface area contributed by atoms with E-state index in [1.807, 2.05) is 0 Å². The molecular weight excluding hydrogens is 451 g/mol. The zero-order valence-corrected chi connectivity index (χ0v) is 17.0. The molecule has 0 bridgehead atoms. The lowest BCUT2D eigenvalue weighted by Crippen LogP contribution is -2.14. The number of carbonyl (C=O) groups excluding carboxylic acids is 1. The van der Waals surface area contributed by atoms with E-state index in [4.69, 9.17) is 0 Å². The molecule has 3 rings (SSSR count). The van der Waals surface area contributed by atoms with E-state index in [1.54, 1.807) is 0 Å². The van der Waals surface area contributed by atoms with E-state index in [9.17, 15) is 36.5 Å². The van der Waals surface area contributed by atoms with E-state index in [0.29, 0.717) is 12.1 Å². The van der Waals surface area contributed by atoms with Gasteiger partial charge in [-0.3, -0.25) is 19.6 Å². The van der Waals surface area contributed by atoms with Gasteiger partial charge in [0.25, 0.3) is 21.6 Å². The zero-order valence-electron chi connectivity index (χ0n) is 16.2. The topological polar surface area (TPSA) is 118 Å². The lowest BCUT2D eigenvalue weighted by atomic mass is 10.1. The second-order valence-corrected chi connectivity index (χ2v) is 8.25. The fourth-order valence-corrected chi connectivity index (χ4v) is 3.74. The Bertz CT molecular complexity index is 1330. The lowest BCUT2D eigenvalue weighted by molar-refractivity contribution is -0.385. The summed E-state index contributed by atoms with van der Waals surface area (Å²) in [5.41, 5.74) is -0.775. The van der Waals surface area contributed by atoms with Gasteiger partial charge in [0.1, 0.15) is 5.82 Å². The summed E-state index contributed by atoms with van der Waals surface area (Å²) in [5.74, 6) is -4.24. The Morgan fingerprint density at radius 2 is 1.53 bits per heavy atom. The van der Waals surface area contributed by atoms with Gasteiger partial charge in [-0.15, -0.1) is 0 Å². The minimum absolute atomic E-state index is 0.0600. The van der Waals surface area contributed by atoms with Crippen molar-refractivity contribution in [3.63, 3.8) is 0 Å². The van der Waals surface area contributed by atoms with Crippen molar-refractivity contribution in [1.29, 1.82) is 0 Å². The maximum absolute atomic E-state index is 13.9. The molecule has 0 aliphatic carbocycles. The molecule has 0 heterocycles. The molecule has 8 nitrogen and oxygen atoms in total. The first-order chi connectivity index (χ1) is 15.0. The third kappa shape index (κ3) is 4.86. The van der Waals surface area contributed by atoms with Gasteiger partial charge < -0.3 is 5.32 Å². The number of nitro groups is 1. The van der Waals surface area contributed by atoms with Crippen LogP contribution in [0.3, 0.4) is 0 Å². The number of benzene rings is 3. The molecule has 166 valence electrons. The maximum Gasteiger partial charge on any atom is 0.276 e. The number of halogens is 3. The van der Waals surface area contributed by atoms with E-state index in [1.165, 1.54) is 31.2 Å². The van der Waals surface area contributed by atoms with Crippen LogP contribution in [0.1, 0.15) is 15.9 Å². The number of amides is 1. The maximum atomic E-state index is 13.9. The van der Waals surface area contributed by atoms with Gasteiger partial charge >= 0.3 is 0 Å². The van der Waals surface area contributed by atoms with Crippen molar-refractivity contribution >= 4 is 33.0 Å². The Balaban J connectivity index is 1.75. The van der Waals surface area contributed by atoms with Gasteiger partial charge in [-0.1, -0.05) is 0 Å². The molecule has 0 aliphatic rings. The number of hydrogen-bond acceptors (Lipinski definition) is 5. The van der Waals surface area contributed by atoms with Crippen LogP contribution in [0.2, 0.25) is 0 Å². The van der Waals surface area contributed by atoms with Crippen molar-refractivity contribution in [1.82, 2.24) is 0 Å². The normalized spacial score (nSPS) is 11.1. The standard InChI is InChI=1S/C20H14F3N3O5S/c1-11-17(22)8-12(9-19(11)26(28)29)20(27)24-13-2-4-14(5-3-13)25-32(30,31)15-6-7-16(21)18(23)10-15/h2-10,25H,1H3,(H,24,27). The predicted molar refractivity (Wildman–Crippen MR) is 109 cm³/mol. The summed E-state index contributed by atoms with van der Waals surface area (Å²) in [7, 11) is -4.20. The van der Waals surface area contributed by atoms with Crippen molar-refractivity contribution in [3.05, 3.63) is 93.3 Å². The van der Waals surface area contributed by atoms with Crippen LogP contribution >= 0.6 is 0 Å². The Morgan fingerprint density at radius 1 is 0.906 bits per heavy atom. The predicted octanol–water partition coefficient (Wildman–Crippen LogP) is 4.37. The number of nitrogens with one attached hydrogen (secondary N) is 2. The number of anilines is 2. The molecule has 0 saturated heterocycles. The number of sulfonamides is 1. The fraction of sp³-hybridized carbons (Fsp3) is 0.0500. The first-order valence-electron chi connectivity index (χ1n) is 8.82. The summed E-state index contributed by atoms with van der Waals surface area (Å²) in [6.45, 7) is 1.22. The van der Waals surface area contributed by atoms with Gasteiger partial charge in [0.2, 0.25) is 0 Å². The monoisotopic (exact) mass is 465 g/mol. The molecule has 0 spiro atoms. The van der Waals surface area contributed by atoms with Crippen molar-refractivity contribution in [2.75, 3.05) is 10.0 Å². The van der Waals surface area contributed by atoms with Crippen LogP contribution in [0.5, 0.6) is 0 Å². The molecule has 3 aromatic rings. The van der Waals surface area contributed by atoms with Crippen LogP contribution in [0.4, 0.5) is 30.2 Å². The molecule has 12 heteroatoms. The molecule has 0 unspecified atom stereocenters. The van der Waals surface area contributed by atoms with Crippen LogP contribution < -0.4 is 10.0 Å². The van der Waals surface area contributed by atoms with Crippen LogP contribution in [0.15, 0.2) is 59.5 Å². The zero-order chi connectivity index (χ0) is 23.6. The second kappa shape index (κ2) is 8.67. The molecule has 0 radical (unpaired) electrons. The first kappa shape index (κ1) is 22.7. The summed E-state index contributed by atoms with van der Waals surface area (Å²) < 4.78 is 67.0. The van der Waals surface area contributed by atoms with Gasteiger partial charge in [0.15, 0.2) is 11.6 Å². The van der Waals surface area contributed by atoms with Crippen LogP contribution in [-0.4, -0.2) is 19.2 Å². The summed E-state index contributed by atoms with van der Waals surface area (Å²) in [5, 5.41) is 13.4. The van der Waals surface area contributed by atoms with Gasteiger partial charge in [0, 0.05) is 23.0 Å². The number of carbonyl (C=O) groups is 1. The Kier molecular flexibility index (Phi) is 6.16. The molecule has 3 aromatic carbocycles. The number of nitrogens with zero attached hydrogens (tertiary/aromatic N) is 1. The molecule has 0 atom stereocenters. The number of nitro benzene ring substituents is 1. The van der Waals surface area contributed by atoms with E-state index in [2.05, 4.69) is 10.0 Å². The van der Waals surface area contributed by atoms with E-state index < -0.39 is 48.9 Å². The Hall–Kier alpha value is -3.93. The van der Waals surface area contributed by atoms with Crippen molar-refractivity contribution in [2.24, 2.45) is 0 Å². The Morgan fingerprint density at radius 3 is 2.12 bits per heavy atom. The summed E-state index contributed by atoms with van der Waals surface area (Å²) >= 11 is 0. The summed E-state index contributed by atoms with van der Waals surface area (Å²) in [6.07, 6.45) is 0. The Labute approximate surface area is 179 Å². The van der Waals surface area contributed by atoms with E-state index >= 15 is 0 Å². The van der Waals surface area contributed by atoms with Crippen molar-refractivity contribution in [3.8, 4) is 0 Å². The van der Waals surface area contributed by atoms with Crippen LogP contribution in [-0.2, 0) is 10.0 Å². The SMILES string of the molecule is Cc1c(F)cc(C(=O)Nc2ccc(NS(=O)(=O)c3ccc(F)c(F)c3)cc2)cc1[N+](=O)[O-]. The van der Waals surface area contributed by atoms with Gasteiger partial charge in [-0.25, -0.2) is 21.6 Å². The lowest BCUT2D eigenvalue weighted by Gasteiger charge is -2.10. The van der Waals surface area contributed by atoms with Crippen molar-refractivity contribution < 1.29 is 31.3 Å². The molecule has 0 aromatic heterocycles. The van der Waals surface area contributed by atoms with Crippen molar-refractivity contribution in [2.45, 2.75) is 11.8 Å².